The van der Waals surface area contributed by atoms with Gasteiger partial charge in [-0.2, -0.15) is 0 Å². The number of hydrogen-bond donors (Lipinski definition) is 3. The summed E-state index contributed by atoms with van der Waals surface area (Å²) < 4.78 is 67.3. The number of aliphatic hydroxyl groups excluding tert-OH is 1. The highest BCUT2D eigenvalue weighted by Gasteiger charge is 2.30. The highest BCUT2D eigenvalue weighted by molar-refractivity contribution is 7.47. The number of carbonyl (C=O) groups is 4. The number of hydrogen-bond acceptors (Lipinski definition) is 15. The van der Waals surface area contributed by atoms with Gasteiger partial charge in [-0.15, -0.1) is 0 Å². The first-order valence-electron chi connectivity index (χ1n) is 30.4. The van der Waals surface area contributed by atoms with Crippen molar-refractivity contribution in [2.24, 2.45) is 0 Å². The van der Waals surface area contributed by atoms with E-state index >= 15 is 0 Å². The van der Waals surface area contributed by atoms with Gasteiger partial charge in [0, 0.05) is 18.9 Å². The van der Waals surface area contributed by atoms with Crippen molar-refractivity contribution in [1.29, 1.82) is 0 Å². The second kappa shape index (κ2) is 55.4. The van der Waals surface area contributed by atoms with Crippen LogP contribution in [0.5, 0.6) is 0 Å². The Labute approximate surface area is 487 Å². The van der Waals surface area contributed by atoms with Crippen LogP contribution in [0.1, 0.15) is 227 Å². The van der Waals surface area contributed by atoms with Gasteiger partial charge in [0.1, 0.15) is 19.3 Å². The van der Waals surface area contributed by atoms with E-state index in [4.69, 9.17) is 37.0 Å². The van der Waals surface area contributed by atoms with Gasteiger partial charge in [0.05, 0.1) is 32.8 Å². The number of rotatable bonds is 56. The number of phosphoric ester groups is 2. The Bertz CT molecular complexity index is 1890. The van der Waals surface area contributed by atoms with E-state index in [9.17, 15) is 43.2 Å². The second-order valence-electron chi connectivity index (χ2n) is 20.0. The molecule has 0 heterocycles. The number of carbonyl (C=O) groups excluding carboxylic acids is 4. The topological polar surface area (TPSA) is 237 Å². The van der Waals surface area contributed by atoms with Crippen LogP contribution in [-0.2, 0) is 65.4 Å². The standard InChI is InChI=1S/C62H106O17P2/c1-5-9-13-17-21-24-27-30-33-36-40-43-47-60(65)72-52-57(78-61(66)48-44-38-20-16-12-8-4)54-76-80(68,69)74-50-56(63)51-75-81(70,71)77-55-58(53-73-59(64)46-42-39-35-32-29-26-23-19-15-11-7-3)79-62(67)49-45-41-37-34-31-28-25-22-18-14-10-6-2/h10,14,21-22,24-26,28-29,31,41-42,45-46,56-58,63H,5-9,11-13,15-20,23,27,30,32-40,43-44,47-55H2,1-4H3,(H,68,69)(H,70,71)/b14-10-,24-21+,25-22?,29-26+,31-28?,45-41-,46-42+/t56-,57+,58+/m0/s1. The normalized spacial score (nSPS) is 14.9. The molecular formula is C62H106O17P2. The fourth-order valence-electron chi connectivity index (χ4n) is 7.51. The minimum Gasteiger partial charge on any atom is -0.462 e. The Morgan fingerprint density at radius 3 is 1.43 bits per heavy atom. The molecule has 0 bridgehead atoms. The summed E-state index contributed by atoms with van der Waals surface area (Å²) in [6, 6.07) is 0. The number of ether oxygens (including phenoxy) is 4. The van der Waals surface area contributed by atoms with Gasteiger partial charge in [-0.25, -0.2) is 13.9 Å². The quantitative estimate of drug-likeness (QED) is 0.00976. The van der Waals surface area contributed by atoms with E-state index in [0.717, 1.165) is 109 Å². The summed E-state index contributed by atoms with van der Waals surface area (Å²) in [7, 11) is -9.95. The first-order valence-corrected chi connectivity index (χ1v) is 33.4. The van der Waals surface area contributed by atoms with Crippen molar-refractivity contribution in [2.75, 3.05) is 39.6 Å². The predicted octanol–water partition coefficient (Wildman–Crippen LogP) is 15.6. The van der Waals surface area contributed by atoms with Gasteiger partial charge in [-0.3, -0.25) is 32.5 Å². The fourth-order valence-corrected chi connectivity index (χ4v) is 9.09. The molecular weight excluding hydrogens is 1080 g/mol. The average molecular weight is 1190 g/mol. The Hall–Kier alpha value is -3.76. The molecule has 0 radical (unpaired) electrons. The molecule has 5 atom stereocenters. The largest absolute Gasteiger partial charge is 0.472 e. The minimum atomic E-state index is -4.99. The zero-order valence-corrected chi connectivity index (χ0v) is 51.7. The second-order valence-corrected chi connectivity index (χ2v) is 22.9. The van der Waals surface area contributed by atoms with E-state index < -0.39 is 97.5 Å². The molecule has 0 spiro atoms. The van der Waals surface area contributed by atoms with Crippen LogP contribution in [0.4, 0.5) is 0 Å². The Balaban J connectivity index is 5.33. The molecule has 19 heteroatoms. The average Bonchev–Trinajstić information content (AvgIpc) is 3.44. The molecule has 0 aliphatic carbocycles. The maximum absolute atomic E-state index is 12.9. The predicted molar refractivity (Wildman–Crippen MR) is 321 cm³/mol. The molecule has 0 fully saturated rings. The van der Waals surface area contributed by atoms with Gasteiger partial charge < -0.3 is 33.8 Å². The van der Waals surface area contributed by atoms with Gasteiger partial charge in [-0.1, -0.05) is 190 Å². The summed E-state index contributed by atoms with van der Waals surface area (Å²) in [4.78, 5) is 71.6. The molecule has 466 valence electrons. The monoisotopic (exact) mass is 1180 g/mol. The van der Waals surface area contributed by atoms with Gasteiger partial charge in [0.25, 0.3) is 0 Å². The molecule has 0 aliphatic heterocycles. The molecule has 81 heavy (non-hydrogen) atoms. The third-order valence-electron chi connectivity index (χ3n) is 12.2. The summed E-state index contributed by atoms with van der Waals surface area (Å²) in [5.74, 6) is -2.55. The minimum absolute atomic E-state index is 0.0881. The highest BCUT2D eigenvalue weighted by atomic mass is 31.2. The van der Waals surface area contributed by atoms with Crippen LogP contribution < -0.4 is 0 Å². The van der Waals surface area contributed by atoms with Crippen LogP contribution >= 0.6 is 15.6 Å². The lowest BCUT2D eigenvalue weighted by Crippen LogP contribution is -2.30. The maximum atomic E-state index is 12.9. The molecule has 0 aromatic carbocycles. The summed E-state index contributed by atoms with van der Waals surface area (Å²) in [5, 5.41) is 10.5. The third kappa shape index (κ3) is 55.2. The summed E-state index contributed by atoms with van der Waals surface area (Å²) >= 11 is 0. The van der Waals surface area contributed by atoms with Gasteiger partial charge in [0.2, 0.25) is 0 Å². The molecule has 2 unspecified atom stereocenters. The lowest BCUT2D eigenvalue weighted by Gasteiger charge is -2.21. The van der Waals surface area contributed by atoms with Crippen molar-refractivity contribution in [2.45, 2.75) is 245 Å². The number of unbranched alkanes of at least 4 members (excludes halogenated alkanes) is 20. The number of aliphatic hydroxyl groups is 1. The van der Waals surface area contributed by atoms with Crippen LogP contribution in [0.15, 0.2) is 85.1 Å². The van der Waals surface area contributed by atoms with E-state index in [1.807, 2.05) is 24.3 Å². The fraction of sp³-hybridized carbons (Fsp3) is 0.710. The van der Waals surface area contributed by atoms with Crippen LogP contribution in [0, 0.1) is 0 Å². The Morgan fingerprint density at radius 1 is 0.407 bits per heavy atom. The molecule has 0 saturated heterocycles. The van der Waals surface area contributed by atoms with Crippen molar-refractivity contribution in [1.82, 2.24) is 0 Å². The van der Waals surface area contributed by atoms with Gasteiger partial charge >= 0.3 is 39.5 Å². The van der Waals surface area contributed by atoms with E-state index in [1.165, 1.54) is 51.0 Å². The summed E-state index contributed by atoms with van der Waals surface area (Å²) in [6.45, 7) is 4.32. The summed E-state index contributed by atoms with van der Waals surface area (Å²) in [5.41, 5.74) is 0. The van der Waals surface area contributed by atoms with Crippen LogP contribution in [-0.4, -0.2) is 96.7 Å². The van der Waals surface area contributed by atoms with Crippen molar-refractivity contribution < 1.29 is 80.2 Å². The number of allylic oxidation sites excluding steroid dienone is 12. The Kier molecular flexibility index (Phi) is 52.9. The van der Waals surface area contributed by atoms with E-state index in [1.54, 1.807) is 12.2 Å². The van der Waals surface area contributed by atoms with Crippen molar-refractivity contribution in [3.63, 3.8) is 0 Å². The van der Waals surface area contributed by atoms with Crippen molar-refractivity contribution in [3.8, 4) is 0 Å². The van der Waals surface area contributed by atoms with E-state index in [-0.39, 0.29) is 19.3 Å². The van der Waals surface area contributed by atoms with Gasteiger partial charge in [-0.05, 0) is 96.3 Å². The van der Waals surface area contributed by atoms with Crippen LogP contribution in [0.25, 0.3) is 0 Å². The third-order valence-corrected chi connectivity index (χ3v) is 14.1. The Morgan fingerprint density at radius 2 is 0.840 bits per heavy atom. The first-order chi connectivity index (χ1) is 39.2. The molecule has 0 amide bonds. The number of phosphoric acid groups is 2. The highest BCUT2D eigenvalue weighted by Crippen LogP contribution is 2.45. The molecule has 3 N–H and O–H groups in total. The smallest absolute Gasteiger partial charge is 0.462 e. The van der Waals surface area contributed by atoms with Crippen LogP contribution in [0.2, 0.25) is 0 Å². The van der Waals surface area contributed by atoms with Crippen molar-refractivity contribution in [3.05, 3.63) is 85.1 Å². The zero-order valence-electron chi connectivity index (χ0n) is 49.9. The lowest BCUT2D eigenvalue weighted by molar-refractivity contribution is -0.161. The number of esters is 4. The molecule has 0 aromatic heterocycles. The molecule has 0 aromatic rings. The maximum Gasteiger partial charge on any atom is 0.472 e. The van der Waals surface area contributed by atoms with E-state index in [2.05, 4.69) is 70.2 Å². The SMILES string of the molecule is CC/C=C\CC=CC=CCC/C=C\CC(=O)O[C@H](COC(=O)/C=C/CCC/C=C/CCCCCC)COP(=O)(O)OC[C@@H](O)COP(=O)(O)OC[C@@H](COC(=O)CCCCCCC/C=C/CCCCC)OC(=O)CCCCCCCC. The van der Waals surface area contributed by atoms with Gasteiger partial charge in [0.15, 0.2) is 12.2 Å². The van der Waals surface area contributed by atoms with Crippen molar-refractivity contribution >= 4 is 39.5 Å². The van der Waals surface area contributed by atoms with Crippen LogP contribution in [0.3, 0.4) is 0 Å². The van der Waals surface area contributed by atoms with E-state index in [0.29, 0.717) is 25.7 Å². The first kappa shape index (κ1) is 77.2. The molecule has 17 nitrogen and oxygen atoms in total. The zero-order chi connectivity index (χ0) is 59.8. The molecule has 0 rings (SSSR count). The molecule has 0 aliphatic rings. The lowest BCUT2D eigenvalue weighted by atomic mass is 10.1. The summed E-state index contributed by atoms with van der Waals surface area (Å²) in [6.07, 6.45) is 50.6. The molecule has 0 saturated carbocycles.